The minimum absolute atomic E-state index is 0.586. The number of nitrogens with zero attached hydrogens (tertiary/aromatic N) is 4. The van der Waals surface area contributed by atoms with E-state index in [0.29, 0.717) is 23.4 Å². The van der Waals surface area contributed by atoms with Crippen molar-refractivity contribution in [3.05, 3.63) is 140 Å². The third kappa shape index (κ3) is 5.33. The van der Waals surface area contributed by atoms with Gasteiger partial charge in [-0.2, -0.15) is 0 Å². The van der Waals surface area contributed by atoms with Crippen molar-refractivity contribution in [2.24, 2.45) is 0 Å². The number of oxazole rings is 1. The monoisotopic (exact) mass is 504 g/mol. The van der Waals surface area contributed by atoms with Crippen LogP contribution in [0.4, 0.5) is 0 Å². The second kappa shape index (κ2) is 10.9. The molecule has 5 heteroatoms. The van der Waals surface area contributed by atoms with E-state index in [1.807, 2.05) is 109 Å². The van der Waals surface area contributed by atoms with Crippen molar-refractivity contribution < 1.29 is 4.42 Å². The molecular weight excluding hydrogens is 480 g/mol. The van der Waals surface area contributed by atoms with Crippen LogP contribution >= 0.6 is 0 Å². The molecule has 2 heterocycles. The maximum absolute atomic E-state index is 5.97. The molecule has 2 aromatic heterocycles. The van der Waals surface area contributed by atoms with Crippen LogP contribution in [-0.2, 0) is 0 Å². The zero-order valence-electron chi connectivity index (χ0n) is 21.1. The minimum Gasteiger partial charge on any atom is -0.436 e. The van der Waals surface area contributed by atoms with E-state index >= 15 is 0 Å². The lowest BCUT2D eigenvalue weighted by molar-refractivity contribution is 0.620. The molecule has 0 unspecified atom stereocenters. The van der Waals surface area contributed by atoms with E-state index in [4.69, 9.17) is 19.4 Å². The van der Waals surface area contributed by atoms with Crippen molar-refractivity contribution in [2.45, 2.75) is 0 Å². The smallest absolute Gasteiger partial charge is 0.227 e. The molecule has 0 aliphatic carbocycles. The van der Waals surface area contributed by atoms with Gasteiger partial charge in [-0.15, -0.1) is 0 Å². The van der Waals surface area contributed by atoms with Crippen molar-refractivity contribution in [1.82, 2.24) is 19.9 Å². The Labute approximate surface area is 226 Å². The van der Waals surface area contributed by atoms with Crippen molar-refractivity contribution in [2.75, 3.05) is 0 Å². The normalized spacial score (nSPS) is 11.5. The summed E-state index contributed by atoms with van der Waals surface area (Å²) in [6.07, 6.45) is 9.23. The fraction of sp³-hybridized carbons (Fsp3) is 0. The van der Waals surface area contributed by atoms with Gasteiger partial charge in [0.25, 0.3) is 0 Å². The molecule has 0 spiro atoms. The minimum atomic E-state index is 0.586. The van der Waals surface area contributed by atoms with E-state index in [1.165, 1.54) is 0 Å². The molecule has 0 atom stereocenters. The fourth-order valence-corrected chi connectivity index (χ4v) is 4.22. The quantitative estimate of drug-likeness (QED) is 0.204. The van der Waals surface area contributed by atoms with Crippen LogP contribution in [0.25, 0.3) is 62.5 Å². The zero-order valence-corrected chi connectivity index (χ0v) is 21.1. The Hall–Kier alpha value is -5.42. The van der Waals surface area contributed by atoms with Gasteiger partial charge >= 0.3 is 0 Å². The number of rotatable bonds is 7. The molecule has 0 radical (unpaired) electrons. The summed E-state index contributed by atoms with van der Waals surface area (Å²) in [7, 11) is 0. The third-order valence-corrected chi connectivity index (χ3v) is 6.17. The molecule has 0 saturated carbocycles. The fourth-order valence-electron chi connectivity index (χ4n) is 4.22. The van der Waals surface area contributed by atoms with Gasteiger partial charge < -0.3 is 4.42 Å². The van der Waals surface area contributed by atoms with Crippen molar-refractivity contribution in [3.8, 4) is 45.4 Å². The second-order valence-electron chi connectivity index (χ2n) is 8.83. The Morgan fingerprint density at radius 3 is 1.85 bits per heavy atom. The maximum atomic E-state index is 5.97. The molecule has 0 aliphatic heterocycles. The van der Waals surface area contributed by atoms with Gasteiger partial charge in [-0.1, -0.05) is 110 Å². The number of fused-ring (bicyclic) bond motifs is 1. The predicted molar refractivity (Wildman–Crippen MR) is 158 cm³/mol. The van der Waals surface area contributed by atoms with Gasteiger partial charge in [0.2, 0.25) is 5.89 Å². The molecule has 5 nitrogen and oxygen atoms in total. The summed E-state index contributed by atoms with van der Waals surface area (Å²) in [5.74, 6) is 2.44. The van der Waals surface area contributed by atoms with Crippen LogP contribution in [0.2, 0.25) is 0 Å². The Morgan fingerprint density at radius 1 is 0.538 bits per heavy atom. The van der Waals surface area contributed by atoms with E-state index in [-0.39, 0.29) is 0 Å². The Balaban J connectivity index is 1.33. The number of allylic oxidation sites excluding steroid dienone is 4. The highest BCUT2D eigenvalue weighted by atomic mass is 16.3. The van der Waals surface area contributed by atoms with Crippen molar-refractivity contribution in [3.63, 3.8) is 0 Å². The van der Waals surface area contributed by atoms with Gasteiger partial charge in [-0.05, 0) is 41.5 Å². The zero-order chi connectivity index (χ0) is 26.4. The van der Waals surface area contributed by atoms with Gasteiger partial charge in [0.15, 0.2) is 23.1 Å². The molecule has 39 heavy (non-hydrogen) atoms. The predicted octanol–water partition coefficient (Wildman–Crippen LogP) is 8.44. The van der Waals surface area contributed by atoms with E-state index in [0.717, 1.165) is 38.9 Å². The molecule has 186 valence electrons. The number of benzene rings is 4. The van der Waals surface area contributed by atoms with Crippen molar-refractivity contribution >= 4 is 17.2 Å². The van der Waals surface area contributed by atoms with Crippen LogP contribution in [-0.4, -0.2) is 19.9 Å². The largest absolute Gasteiger partial charge is 0.436 e. The summed E-state index contributed by atoms with van der Waals surface area (Å²) in [4.78, 5) is 18.9. The molecule has 0 fully saturated rings. The topological polar surface area (TPSA) is 64.7 Å². The third-order valence-electron chi connectivity index (χ3n) is 6.17. The first-order valence-electron chi connectivity index (χ1n) is 12.6. The average Bonchev–Trinajstić information content (AvgIpc) is 3.44. The van der Waals surface area contributed by atoms with Crippen LogP contribution in [0, 0.1) is 0 Å². The molecule has 0 aliphatic rings. The summed E-state index contributed by atoms with van der Waals surface area (Å²) >= 11 is 0. The molecule has 0 saturated heterocycles. The van der Waals surface area contributed by atoms with E-state index in [9.17, 15) is 0 Å². The first-order chi connectivity index (χ1) is 19.3. The summed E-state index contributed by atoms with van der Waals surface area (Å²) < 4.78 is 5.97. The first-order valence-corrected chi connectivity index (χ1v) is 12.6. The first kappa shape index (κ1) is 23.9. The molecule has 0 N–H and O–H groups in total. The lowest BCUT2D eigenvalue weighted by Gasteiger charge is -2.07. The highest BCUT2D eigenvalue weighted by molar-refractivity contribution is 5.83. The SMILES string of the molecule is C=C/C=C\C=C\c1nc(-c2ccccc2)nc(-c2ccc(-c3ccc4oc(-c5ccccc5)nc4c3)cc2)n1. The summed E-state index contributed by atoms with van der Waals surface area (Å²) in [5, 5.41) is 0. The Morgan fingerprint density at radius 2 is 1.15 bits per heavy atom. The van der Waals surface area contributed by atoms with Gasteiger partial charge in [0, 0.05) is 16.7 Å². The number of hydrogen-bond donors (Lipinski definition) is 0. The van der Waals surface area contributed by atoms with Gasteiger partial charge in [0.05, 0.1) is 0 Å². The van der Waals surface area contributed by atoms with Crippen LogP contribution in [0.1, 0.15) is 5.82 Å². The lowest BCUT2D eigenvalue weighted by Crippen LogP contribution is -1.99. The summed E-state index contributed by atoms with van der Waals surface area (Å²) in [6, 6.07) is 34.1. The standard InChI is InChI=1S/C34H24N4O/c1-2-3-4-11-16-31-36-32(25-12-7-5-8-13-25)38-33(37-31)26-19-17-24(18-20-26)28-21-22-30-29(23-28)35-34(39-30)27-14-9-6-10-15-27/h2-23H,1H2/b4-3-,16-11+. The molecular formula is C34H24N4O. The lowest BCUT2D eigenvalue weighted by atomic mass is 10.0. The Bertz CT molecular complexity index is 1800. The van der Waals surface area contributed by atoms with Crippen LogP contribution in [0.3, 0.4) is 0 Å². The molecule has 0 amide bonds. The van der Waals surface area contributed by atoms with Gasteiger partial charge in [0.1, 0.15) is 5.52 Å². The molecule has 4 aromatic carbocycles. The van der Waals surface area contributed by atoms with Crippen LogP contribution in [0.15, 0.2) is 138 Å². The van der Waals surface area contributed by atoms with Gasteiger partial charge in [-0.25, -0.2) is 19.9 Å². The molecule has 6 aromatic rings. The molecule has 0 bridgehead atoms. The highest BCUT2D eigenvalue weighted by Crippen LogP contribution is 2.30. The maximum Gasteiger partial charge on any atom is 0.227 e. The number of hydrogen-bond acceptors (Lipinski definition) is 5. The van der Waals surface area contributed by atoms with Crippen molar-refractivity contribution in [1.29, 1.82) is 0 Å². The van der Waals surface area contributed by atoms with E-state index in [2.05, 4.69) is 29.8 Å². The average molecular weight is 505 g/mol. The highest BCUT2D eigenvalue weighted by Gasteiger charge is 2.12. The van der Waals surface area contributed by atoms with Crippen LogP contribution in [0.5, 0.6) is 0 Å². The molecule has 6 rings (SSSR count). The van der Waals surface area contributed by atoms with Crippen LogP contribution < -0.4 is 0 Å². The summed E-state index contributed by atoms with van der Waals surface area (Å²) in [5.41, 5.74) is 6.50. The number of aromatic nitrogens is 4. The summed E-state index contributed by atoms with van der Waals surface area (Å²) in [6.45, 7) is 3.70. The van der Waals surface area contributed by atoms with E-state index in [1.54, 1.807) is 6.08 Å². The second-order valence-corrected chi connectivity index (χ2v) is 8.83. The van der Waals surface area contributed by atoms with Gasteiger partial charge in [-0.3, -0.25) is 0 Å². The Kier molecular flexibility index (Phi) is 6.70. The van der Waals surface area contributed by atoms with E-state index < -0.39 is 0 Å².